The van der Waals surface area contributed by atoms with E-state index in [2.05, 4.69) is 208 Å². The van der Waals surface area contributed by atoms with Gasteiger partial charge in [-0.25, -0.2) is 0 Å². The van der Waals surface area contributed by atoms with E-state index in [0.717, 1.165) is 34.2 Å². The molecule has 0 fully saturated rings. The molecule has 4 nitrogen and oxygen atoms in total. The van der Waals surface area contributed by atoms with Crippen LogP contribution in [0.25, 0.3) is 0 Å². The maximum atomic E-state index is 7.02. The highest BCUT2D eigenvalue weighted by molar-refractivity contribution is 7.02. The number of ether oxygens (including phenoxy) is 1. The van der Waals surface area contributed by atoms with Crippen molar-refractivity contribution in [1.29, 1.82) is 0 Å². The largest absolute Gasteiger partial charge is 0.458 e. The molecule has 0 unspecified atom stereocenters. The predicted octanol–water partition coefficient (Wildman–Crippen LogP) is 7.34. The van der Waals surface area contributed by atoms with Crippen LogP contribution in [0.4, 0.5) is 45.5 Å². The highest BCUT2D eigenvalue weighted by Gasteiger charge is 2.46. The first-order valence-corrected chi connectivity index (χ1v) is 20.7. The average molecular weight is 754 g/mol. The second kappa shape index (κ2) is 12.8. The molecule has 7 heteroatoms. The van der Waals surface area contributed by atoms with E-state index < -0.39 is 0 Å². The molecule has 8 aromatic carbocycles. The van der Waals surface area contributed by atoms with Gasteiger partial charge in [-0.15, -0.1) is 0 Å². The van der Waals surface area contributed by atoms with Crippen molar-refractivity contribution in [1.82, 2.24) is 0 Å². The van der Waals surface area contributed by atoms with Crippen LogP contribution in [0, 0.1) is 27.7 Å². The Morgan fingerprint density at radius 2 is 1.05 bits per heavy atom. The molecule has 0 aromatic heterocycles. The van der Waals surface area contributed by atoms with Crippen molar-refractivity contribution in [3.8, 4) is 11.5 Å². The van der Waals surface area contributed by atoms with Crippen molar-refractivity contribution in [2.24, 2.45) is 0 Å². The molecule has 0 amide bonds. The quantitative estimate of drug-likeness (QED) is 0.191. The second-order valence-electron chi connectivity index (χ2n) is 16.7. The third kappa shape index (κ3) is 5.13. The fourth-order valence-electron chi connectivity index (χ4n) is 10.3. The molecule has 12 rings (SSSR count). The van der Waals surface area contributed by atoms with Crippen LogP contribution in [0.2, 0.25) is 0 Å². The third-order valence-corrected chi connectivity index (χ3v) is 12.9. The van der Waals surface area contributed by atoms with Gasteiger partial charge >= 0.3 is 0 Å². The molecule has 0 aliphatic carbocycles. The normalized spacial score (nSPS) is 13.6. The van der Waals surface area contributed by atoms with E-state index in [1.54, 1.807) is 0 Å². The van der Waals surface area contributed by atoms with Crippen LogP contribution >= 0.6 is 0 Å². The summed E-state index contributed by atoms with van der Waals surface area (Å²) in [5, 5.41) is 3.86. The van der Waals surface area contributed by atoms with Gasteiger partial charge in [-0.2, -0.15) is 0 Å². The van der Waals surface area contributed by atoms with Crippen molar-refractivity contribution in [3.05, 3.63) is 180 Å². The van der Waals surface area contributed by atoms with Gasteiger partial charge in [-0.05, 0) is 138 Å². The van der Waals surface area contributed by atoms with Crippen LogP contribution in [0.5, 0.6) is 11.5 Å². The Morgan fingerprint density at radius 1 is 0.441 bits per heavy atom. The lowest BCUT2D eigenvalue weighted by atomic mass is 9.30. The van der Waals surface area contributed by atoms with Gasteiger partial charge in [0.05, 0.1) is 0 Å². The number of hydrogen-bond acceptors (Lipinski definition) is 4. The fourth-order valence-corrected chi connectivity index (χ4v) is 10.3. The number of nitrogens with one attached hydrogen (secondary N) is 1. The molecule has 8 aromatic rings. The standard InChI is InChI=1S/C52H39B3N3O/c1-31-23-44-51-47(24-31)57(35-16-7-5-8-17-35)45-30-46-41(29-40(45)54(51)39-21-13-14-22-43(39)56-44)55-42-28-38(53-37-20-12-11-15-33(37)3)34(4)27-49(42)59-50-26-32(2)25-48(52(50)55)58(46)36-18-9-6-10-19-36/h5-30,56H,1-4H3. The summed E-state index contributed by atoms with van der Waals surface area (Å²) in [6.07, 6.45) is 0. The molecular weight excluding hydrogens is 715 g/mol. The molecule has 1 N–H and O–H groups in total. The maximum Gasteiger partial charge on any atom is 0.256 e. The summed E-state index contributed by atoms with van der Waals surface area (Å²) in [4.78, 5) is 4.99. The van der Waals surface area contributed by atoms with Gasteiger partial charge in [0.15, 0.2) is 7.28 Å². The van der Waals surface area contributed by atoms with E-state index in [1.165, 1.54) is 88.7 Å². The van der Waals surface area contributed by atoms with Crippen molar-refractivity contribution in [3.63, 3.8) is 0 Å². The number of anilines is 8. The molecule has 0 bridgehead atoms. The summed E-state index contributed by atoms with van der Waals surface area (Å²) in [7, 11) is 2.34. The van der Waals surface area contributed by atoms with Gasteiger partial charge in [0.2, 0.25) is 0 Å². The number of nitrogens with zero attached hydrogens (tertiary/aromatic N) is 2. The Labute approximate surface area is 347 Å². The van der Waals surface area contributed by atoms with E-state index in [1.807, 2.05) is 0 Å². The molecule has 1 radical (unpaired) electrons. The molecule has 0 atom stereocenters. The highest BCUT2D eigenvalue weighted by Crippen LogP contribution is 2.46. The minimum atomic E-state index is -0.0600. The van der Waals surface area contributed by atoms with Crippen molar-refractivity contribution >= 4 is 110 Å². The molecule has 0 saturated heterocycles. The zero-order valence-electron chi connectivity index (χ0n) is 33.5. The Kier molecular flexibility index (Phi) is 7.44. The van der Waals surface area contributed by atoms with E-state index >= 15 is 0 Å². The first-order chi connectivity index (χ1) is 28.9. The summed E-state index contributed by atoms with van der Waals surface area (Å²) in [6, 6.07) is 58.3. The first kappa shape index (κ1) is 34.2. The Hall–Kier alpha value is -6.85. The van der Waals surface area contributed by atoms with Crippen LogP contribution in [0.3, 0.4) is 0 Å². The molecule has 59 heavy (non-hydrogen) atoms. The average Bonchev–Trinajstić information content (AvgIpc) is 3.24. The van der Waals surface area contributed by atoms with Crippen LogP contribution < -0.4 is 63.6 Å². The lowest BCUT2D eigenvalue weighted by Gasteiger charge is -2.44. The van der Waals surface area contributed by atoms with Crippen molar-refractivity contribution in [2.45, 2.75) is 27.7 Å². The smallest absolute Gasteiger partial charge is 0.256 e. The van der Waals surface area contributed by atoms with Gasteiger partial charge in [-0.3, -0.25) is 0 Å². The summed E-state index contributed by atoms with van der Waals surface area (Å²) >= 11 is 0. The van der Waals surface area contributed by atoms with E-state index in [0.29, 0.717) is 0 Å². The SMILES string of the molecule is Cc1cc2c3c(c1)N(c1ccccc1)c1cc4c(cc1B3c1ccccc1N2)B1c2cc([B]c3ccccc3C)c(C)cc2Oc2cc(C)cc(c21)N4c1ccccc1. The van der Waals surface area contributed by atoms with E-state index in [4.69, 9.17) is 4.74 Å². The van der Waals surface area contributed by atoms with E-state index in [-0.39, 0.29) is 13.4 Å². The number of rotatable bonds is 4. The molecule has 4 aliphatic heterocycles. The van der Waals surface area contributed by atoms with Crippen molar-refractivity contribution in [2.75, 3.05) is 15.1 Å². The predicted molar refractivity (Wildman–Crippen MR) is 252 cm³/mol. The molecule has 4 aliphatic rings. The number of aryl methyl sites for hydroxylation is 4. The molecule has 0 spiro atoms. The summed E-state index contributed by atoms with van der Waals surface area (Å²) < 4.78 is 7.02. The summed E-state index contributed by atoms with van der Waals surface area (Å²) in [6.45, 7) is 8.76. The Morgan fingerprint density at radius 3 is 1.76 bits per heavy atom. The summed E-state index contributed by atoms with van der Waals surface area (Å²) in [5.41, 5.74) is 24.2. The van der Waals surface area contributed by atoms with Gasteiger partial charge in [-0.1, -0.05) is 113 Å². The molecule has 0 saturated carbocycles. The van der Waals surface area contributed by atoms with Crippen LogP contribution in [0.15, 0.2) is 158 Å². The van der Waals surface area contributed by atoms with Crippen LogP contribution in [-0.4, -0.2) is 20.7 Å². The van der Waals surface area contributed by atoms with Crippen molar-refractivity contribution < 1.29 is 4.74 Å². The van der Waals surface area contributed by atoms with E-state index in [9.17, 15) is 0 Å². The van der Waals surface area contributed by atoms with Gasteiger partial charge in [0.25, 0.3) is 13.4 Å². The highest BCUT2D eigenvalue weighted by atomic mass is 16.5. The Bertz CT molecular complexity index is 3060. The number of hydrogen-bond donors (Lipinski definition) is 1. The molecule has 277 valence electrons. The second-order valence-corrected chi connectivity index (χ2v) is 16.7. The van der Waals surface area contributed by atoms with Gasteiger partial charge in [0, 0.05) is 45.5 Å². The maximum absolute atomic E-state index is 7.02. The van der Waals surface area contributed by atoms with Gasteiger partial charge < -0.3 is 19.9 Å². The first-order valence-electron chi connectivity index (χ1n) is 20.7. The summed E-state index contributed by atoms with van der Waals surface area (Å²) in [5.74, 6) is 1.86. The monoisotopic (exact) mass is 754 g/mol. The number of benzene rings is 8. The fraction of sp³-hybridized carbons (Fsp3) is 0.0769. The Balaban J connectivity index is 1.18. The van der Waals surface area contributed by atoms with Crippen LogP contribution in [-0.2, 0) is 0 Å². The minimum absolute atomic E-state index is 0.0321. The zero-order valence-corrected chi connectivity index (χ0v) is 33.5. The number of fused-ring (bicyclic) bond motifs is 8. The minimum Gasteiger partial charge on any atom is -0.458 e. The molecule has 4 heterocycles. The molecular formula is C52H39B3N3O. The number of para-hydroxylation sites is 3. The zero-order chi connectivity index (χ0) is 39.5. The van der Waals surface area contributed by atoms with Gasteiger partial charge in [0.1, 0.15) is 11.5 Å². The third-order valence-electron chi connectivity index (χ3n) is 12.9. The lowest BCUT2D eigenvalue weighted by molar-refractivity contribution is 0.487. The lowest BCUT2D eigenvalue weighted by Crippen LogP contribution is -2.64. The topological polar surface area (TPSA) is 27.7 Å². The van der Waals surface area contributed by atoms with Crippen LogP contribution in [0.1, 0.15) is 22.3 Å².